The minimum absolute atomic E-state index is 0.216. The van der Waals surface area contributed by atoms with E-state index >= 15 is 0 Å². The number of thiophene rings is 1. The molecule has 6 heteroatoms. The highest BCUT2D eigenvalue weighted by Gasteiger charge is 2.13. The van der Waals surface area contributed by atoms with Gasteiger partial charge in [0.15, 0.2) is 11.6 Å². The summed E-state index contributed by atoms with van der Waals surface area (Å²) >= 11 is 7.43. The maximum absolute atomic E-state index is 13.7. The number of hydrogen-bond donors (Lipinski definition) is 1. The molecule has 1 aromatic heterocycles. The fourth-order valence-corrected chi connectivity index (χ4v) is 3.05. The first-order chi connectivity index (χ1) is 9.51. The van der Waals surface area contributed by atoms with Crippen LogP contribution in [0.1, 0.15) is 11.8 Å². The molecule has 0 saturated carbocycles. The second kappa shape index (κ2) is 6.33. The molecule has 0 spiro atoms. The lowest BCUT2D eigenvalue weighted by atomic mass is 10.2. The topological polar surface area (TPSA) is 38.5 Å². The summed E-state index contributed by atoms with van der Waals surface area (Å²) in [6.07, 6.45) is 0. The van der Waals surface area contributed by atoms with Gasteiger partial charge in [0.1, 0.15) is 0 Å². The predicted octanol–water partition coefficient (Wildman–Crippen LogP) is 4.16. The first-order valence-electron chi connectivity index (χ1n) is 6.18. The highest BCUT2D eigenvalue weighted by molar-refractivity contribution is 7.16. The molecule has 0 aliphatic heterocycles. The summed E-state index contributed by atoms with van der Waals surface area (Å²) in [6.45, 7) is 2.87. The van der Waals surface area contributed by atoms with Gasteiger partial charge >= 0.3 is 0 Å². The zero-order chi connectivity index (χ0) is 14.7. The minimum atomic E-state index is -0.444. The Labute approximate surface area is 126 Å². The Bertz CT molecular complexity index is 603. The maximum atomic E-state index is 13.7. The lowest BCUT2D eigenvalue weighted by Gasteiger charge is -2.21. The molecular weight excluding hydrogens is 299 g/mol. The van der Waals surface area contributed by atoms with Crippen molar-refractivity contribution in [3.05, 3.63) is 39.3 Å². The quantitative estimate of drug-likeness (QED) is 0.842. The standard InChI is InChI=1S/C14H16ClFN2OS/c1-3-19-13-7-12(11(17)6-10(13)16)18(2)8-9-4-5-14(15)20-9/h4-7H,3,8,17H2,1-2H3. The number of nitrogen functional groups attached to an aromatic ring is 1. The molecule has 0 atom stereocenters. The normalized spacial score (nSPS) is 10.6. The van der Waals surface area contributed by atoms with Gasteiger partial charge in [-0.15, -0.1) is 11.3 Å². The fraction of sp³-hybridized carbons (Fsp3) is 0.286. The van der Waals surface area contributed by atoms with E-state index in [-0.39, 0.29) is 5.75 Å². The average Bonchev–Trinajstić information content (AvgIpc) is 2.78. The SMILES string of the molecule is CCOc1cc(N(C)Cc2ccc(Cl)s2)c(N)cc1F. The molecule has 0 aliphatic carbocycles. The van der Waals surface area contributed by atoms with Gasteiger partial charge in [-0.3, -0.25) is 0 Å². The molecule has 2 N–H and O–H groups in total. The van der Waals surface area contributed by atoms with Crippen LogP contribution in [0.25, 0.3) is 0 Å². The first kappa shape index (κ1) is 14.9. The molecule has 3 nitrogen and oxygen atoms in total. The van der Waals surface area contributed by atoms with Gasteiger partial charge < -0.3 is 15.4 Å². The van der Waals surface area contributed by atoms with Crippen LogP contribution in [0, 0.1) is 5.82 Å². The first-order valence-corrected chi connectivity index (χ1v) is 7.38. The molecule has 0 fully saturated rings. The molecule has 0 aliphatic rings. The Morgan fingerprint density at radius 1 is 1.40 bits per heavy atom. The van der Waals surface area contributed by atoms with Crippen molar-refractivity contribution in [3.63, 3.8) is 0 Å². The van der Waals surface area contributed by atoms with Crippen LogP contribution in [-0.4, -0.2) is 13.7 Å². The predicted molar refractivity (Wildman–Crippen MR) is 83.4 cm³/mol. The van der Waals surface area contributed by atoms with Gasteiger partial charge in [-0.2, -0.15) is 0 Å². The van der Waals surface area contributed by atoms with E-state index in [9.17, 15) is 4.39 Å². The lowest BCUT2D eigenvalue weighted by Crippen LogP contribution is -2.17. The third-order valence-electron chi connectivity index (χ3n) is 2.81. The van der Waals surface area contributed by atoms with Crippen molar-refractivity contribution in [2.24, 2.45) is 0 Å². The maximum Gasteiger partial charge on any atom is 0.167 e. The molecule has 108 valence electrons. The van der Waals surface area contributed by atoms with Gasteiger partial charge in [0.2, 0.25) is 0 Å². The molecule has 0 unspecified atom stereocenters. The van der Waals surface area contributed by atoms with E-state index in [2.05, 4.69) is 0 Å². The summed E-state index contributed by atoms with van der Waals surface area (Å²) in [5.41, 5.74) is 7.01. The van der Waals surface area contributed by atoms with Gasteiger partial charge in [-0.25, -0.2) is 4.39 Å². The third-order valence-corrected chi connectivity index (χ3v) is 4.03. The highest BCUT2D eigenvalue weighted by atomic mass is 35.5. The zero-order valence-electron chi connectivity index (χ0n) is 11.3. The van der Waals surface area contributed by atoms with E-state index in [0.29, 0.717) is 18.8 Å². The summed E-state index contributed by atoms with van der Waals surface area (Å²) in [5.74, 6) is -0.228. The Balaban J connectivity index is 2.24. The molecule has 0 saturated heterocycles. The largest absolute Gasteiger partial charge is 0.491 e. The van der Waals surface area contributed by atoms with Crippen LogP contribution < -0.4 is 15.4 Å². The highest BCUT2D eigenvalue weighted by Crippen LogP contribution is 2.32. The Morgan fingerprint density at radius 3 is 2.75 bits per heavy atom. The van der Waals surface area contributed by atoms with E-state index in [1.165, 1.54) is 17.4 Å². The molecule has 0 amide bonds. The molecule has 2 aromatic rings. The van der Waals surface area contributed by atoms with Gasteiger partial charge in [0.05, 0.1) is 28.9 Å². The Morgan fingerprint density at radius 2 is 2.15 bits per heavy atom. The number of hydrogen-bond acceptors (Lipinski definition) is 4. The van der Waals surface area contributed by atoms with Gasteiger partial charge in [-0.1, -0.05) is 11.6 Å². The number of halogens is 2. The van der Waals surface area contributed by atoms with Crippen LogP contribution in [0.5, 0.6) is 5.75 Å². The number of anilines is 2. The second-order valence-corrected chi connectivity index (χ2v) is 6.14. The van der Waals surface area contributed by atoms with Crippen molar-refractivity contribution >= 4 is 34.3 Å². The van der Waals surface area contributed by atoms with Crippen molar-refractivity contribution in [3.8, 4) is 5.75 Å². The smallest absolute Gasteiger partial charge is 0.167 e. The van der Waals surface area contributed by atoms with E-state index in [1.54, 1.807) is 6.07 Å². The molecular formula is C14H16ClFN2OS. The van der Waals surface area contributed by atoms with Crippen LogP contribution in [0.4, 0.5) is 15.8 Å². The molecule has 2 rings (SSSR count). The number of ether oxygens (including phenoxy) is 1. The monoisotopic (exact) mass is 314 g/mol. The third kappa shape index (κ3) is 3.35. The Kier molecular flexibility index (Phi) is 4.73. The number of benzene rings is 1. The zero-order valence-corrected chi connectivity index (χ0v) is 12.9. The molecule has 0 radical (unpaired) electrons. The summed E-state index contributed by atoms with van der Waals surface area (Å²) in [6, 6.07) is 6.74. The Hall–Kier alpha value is -1.46. The van der Waals surface area contributed by atoms with Crippen molar-refractivity contribution in [1.82, 2.24) is 0 Å². The van der Waals surface area contributed by atoms with E-state index < -0.39 is 5.82 Å². The van der Waals surface area contributed by atoms with E-state index in [0.717, 1.165) is 14.9 Å². The van der Waals surface area contributed by atoms with Crippen LogP contribution in [0.15, 0.2) is 24.3 Å². The summed E-state index contributed by atoms with van der Waals surface area (Å²) < 4.78 is 19.7. The summed E-state index contributed by atoms with van der Waals surface area (Å²) in [5, 5.41) is 0. The molecule has 20 heavy (non-hydrogen) atoms. The van der Waals surface area contributed by atoms with E-state index in [4.69, 9.17) is 22.1 Å². The van der Waals surface area contributed by atoms with Crippen molar-refractivity contribution in [2.45, 2.75) is 13.5 Å². The number of nitrogens with zero attached hydrogens (tertiary/aromatic N) is 1. The van der Waals surface area contributed by atoms with Crippen LogP contribution in [-0.2, 0) is 6.54 Å². The van der Waals surface area contributed by atoms with Gasteiger partial charge in [0.25, 0.3) is 0 Å². The minimum Gasteiger partial charge on any atom is -0.491 e. The summed E-state index contributed by atoms with van der Waals surface area (Å²) in [7, 11) is 1.90. The average molecular weight is 315 g/mol. The van der Waals surface area contributed by atoms with Gasteiger partial charge in [0, 0.05) is 24.1 Å². The van der Waals surface area contributed by atoms with Crippen molar-refractivity contribution < 1.29 is 9.13 Å². The van der Waals surface area contributed by atoms with E-state index in [1.807, 2.05) is 31.0 Å². The fourth-order valence-electron chi connectivity index (χ4n) is 1.91. The second-order valence-electron chi connectivity index (χ2n) is 4.34. The van der Waals surface area contributed by atoms with Crippen LogP contribution in [0.3, 0.4) is 0 Å². The van der Waals surface area contributed by atoms with Crippen LogP contribution in [0.2, 0.25) is 4.34 Å². The van der Waals surface area contributed by atoms with Crippen molar-refractivity contribution in [1.29, 1.82) is 0 Å². The molecule has 1 aromatic carbocycles. The summed E-state index contributed by atoms with van der Waals surface area (Å²) in [4.78, 5) is 3.05. The lowest BCUT2D eigenvalue weighted by molar-refractivity contribution is 0.322. The molecule has 0 bridgehead atoms. The molecule has 1 heterocycles. The number of nitrogens with two attached hydrogens (primary N) is 1. The van der Waals surface area contributed by atoms with Crippen molar-refractivity contribution in [2.75, 3.05) is 24.3 Å². The number of rotatable bonds is 5. The van der Waals surface area contributed by atoms with Gasteiger partial charge in [-0.05, 0) is 19.1 Å². The van der Waals surface area contributed by atoms with Crippen LogP contribution >= 0.6 is 22.9 Å².